The van der Waals surface area contributed by atoms with Crippen LogP contribution >= 0.6 is 11.3 Å². The summed E-state index contributed by atoms with van der Waals surface area (Å²) in [4.78, 5) is 17.2. The summed E-state index contributed by atoms with van der Waals surface area (Å²) in [7, 11) is 1.79. The zero-order chi connectivity index (χ0) is 13.0. The molecule has 0 unspecified atom stereocenters. The van der Waals surface area contributed by atoms with E-state index in [2.05, 4.69) is 21.7 Å². The maximum absolute atomic E-state index is 12.0. The van der Waals surface area contributed by atoms with E-state index in [0.717, 1.165) is 5.69 Å². The number of pyridine rings is 1. The second kappa shape index (κ2) is 5.64. The van der Waals surface area contributed by atoms with Crippen LogP contribution in [0.2, 0.25) is 0 Å². The molecule has 2 aromatic rings. The largest absolute Gasteiger partial charge is 0.387 e. The lowest BCUT2D eigenvalue weighted by Crippen LogP contribution is -2.23. The number of aryl methyl sites for hydroxylation is 1. The van der Waals surface area contributed by atoms with Crippen LogP contribution in [0.15, 0.2) is 29.9 Å². The highest BCUT2D eigenvalue weighted by atomic mass is 32.1. The summed E-state index contributed by atoms with van der Waals surface area (Å²) in [6, 6.07) is 3.83. The lowest BCUT2D eigenvalue weighted by molar-refractivity contribution is 0.0951. The van der Waals surface area contributed by atoms with Gasteiger partial charge in [0.1, 0.15) is 0 Å². The fraction of sp³-hybridized carbons (Fsp3) is 0.231. The predicted octanol–water partition coefficient (Wildman–Crippen LogP) is 2.42. The molecule has 0 fully saturated rings. The van der Waals surface area contributed by atoms with Crippen molar-refractivity contribution in [2.24, 2.45) is 0 Å². The van der Waals surface area contributed by atoms with Gasteiger partial charge in [-0.2, -0.15) is 0 Å². The van der Waals surface area contributed by atoms with Crippen LogP contribution in [0.5, 0.6) is 0 Å². The molecule has 0 aliphatic heterocycles. The number of nitrogens with zero attached hydrogens (tertiary/aromatic N) is 1. The summed E-state index contributed by atoms with van der Waals surface area (Å²) in [5, 5.41) is 7.92. The highest BCUT2D eigenvalue weighted by molar-refractivity contribution is 7.10. The van der Waals surface area contributed by atoms with Gasteiger partial charge in [0.2, 0.25) is 0 Å². The minimum atomic E-state index is -0.111. The van der Waals surface area contributed by atoms with Gasteiger partial charge < -0.3 is 10.6 Å². The van der Waals surface area contributed by atoms with Crippen LogP contribution < -0.4 is 10.6 Å². The molecule has 0 aliphatic carbocycles. The average Bonchev–Trinajstić information content (AvgIpc) is 2.81. The Labute approximate surface area is 110 Å². The van der Waals surface area contributed by atoms with E-state index >= 15 is 0 Å². The van der Waals surface area contributed by atoms with E-state index in [1.54, 1.807) is 36.8 Å². The maximum Gasteiger partial charge on any atom is 0.255 e. The molecular formula is C13H15N3OS. The monoisotopic (exact) mass is 261 g/mol. The first-order chi connectivity index (χ1) is 8.72. The lowest BCUT2D eigenvalue weighted by atomic mass is 10.2. The van der Waals surface area contributed by atoms with Gasteiger partial charge in [-0.1, -0.05) is 0 Å². The Hall–Kier alpha value is -1.88. The first-order valence-corrected chi connectivity index (χ1v) is 6.53. The number of amides is 1. The van der Waals surface area contributed by atoms with Crippen molar-refractivity contribution in [3.8, 4) is 0 Å². The quantitative estimate of drug-likeness (QED) is 0.888. The topological polar surface area (TPSA) is 54.0 Å². The Kier molecular flexibility index (Phi) is 3.94. The summed E-state index contributed by atoms with van der Waals surface area (Å²) in [5.41, 5.74) is 2.56. The maximum atomic E-state index is 12.0. The van der Waals surface area contributed by atoms with Crippen molar-refractivity contribution in [2.45, 2.75) is 13.5 Å². The Balaban J connectivity index is 2.06. The third-order valence-electron chi connectivity index (χ3n) is 2.71. The average molecular weight is 261 g/mol. The molecule has 4 nitrogen and oxygen atoms in total. The summed E-state index contributed by atoms with van der Waals surface area (Å²) < 4.78 is 0. The number of thiophene rings is 1. The number of carbonyl (C=O) groups excluding carboxylic acids is 1. The van der Waals surface area contributed by atoms with Crippen LogP contribution in [-0.2, 0) is 6.54 Å². The minimum Gasteiger partial charge on any atom is -0.387 e. The minimum absolute atomic E-state index is 0.111. The van der Waals surface area contributed by atoms with Crippen LogP contribution in [0.1, 0.15) is 20.8 Å². The summed E-state index contributed by atoms with van der Waals surface area (Å²) in [6.07, 6.45) is 3.23. The molecule has 0 spiro atoms. The standard InChI is InChI=1S/C13H15N3OS/c1-9-4-6-18-12(9)8-16-13(17)10-7-15-5-3-11(10)14-2/h3-7H,8H2,1-2H3,(H,14,15)(H,16,17). The number of hydrogen-bond acceptors (Lipinski definition) is 4. The van der Waals surface area contributed by atoms with Gasteiger partial charge in [0.05, 0.1) is 12.1 Å². The van der Waals surface area contributed by atoms with Gasteiger partial charge in [-0.25, -0.2) is 0 Å². The zero-order valence-corrected chi connectivity index (χ0v) is 11.2. The fourth-order valence-corrected chi connectivity index (χ4v) is 2.48. The Morgan fingerprint density at radius 3 is 2.94 bits per heavy atom. The van der Waals surface area contributed by atoms with Crippen molar-refractivity contribution in [1.82, 2.24) is 10.3 Å². The van der Waals surface area contributed by atoms with E-state index in [1.165, 1.54) is 10.4 Å². The molecule has 2 heterocycles. The third-order valence-corrected chi connectivity index (χ3v) is 3.74. The normalized spacial score (nSPS) is 10.1. The van der Waals surface area contributed by atoms with Gasteiger partial charge >= 0.3 is 0 Å². The van der Waals surface area contributed by atoms with E-state index in [1.807, 2.05) is 12.3 Å². The molecular weight excluding hydrogens is 246 g/mol. The molecule has 0 saturated heterocycles. The van der Waals surface area contributed by atoms with Crippen molar-refractivity contribution >= 4 is 22.9 Å². The van der Waals surface area contributed by atoms with Gasteiger partial charge in [0.25, 0.3) is 5.91 Å². The van der Waals surface area contributed by atoms with Crippen LogP contribution in [0.25, 0.3) is 0 Å². The van der Waals surface area contributed by atoms with E-state index in [9.17, 15) is 4.79 Å². The molecule has 0 aliphatic rings. The van der Waals surface area contributed by atoms with Crippen LogP contribution in [0.3, 0.4) is 0 Å². The second-order valence-corrected chi connectivity index (χ2v) is 4.88. The fourth-order valence-electron chi connectivity index (χ4n) is 1.63. The predicted molar refractivity (Wildman–Crippen MR) is 74.0 cm³/mol. The van der Waals surface area contributed by atoms with Gasteiger partial charge in [0, 0.05) is 30.0 Å². The van der Waals surface area contributed by atoms with Gasteiger partial charge in [-0.3, -0.25) is 9.78 Å². The number of rotatable bonds is 4. The molecule has 0 radical (unpaired) electrons. The highest BCUT2D eigenvalue weighted by Gasteiger charge is 2.10. The van der Waals surface area contributed by atoms with E-state index in [0.29, 0.717) is 12.1 Å². The summed E-state index contributed by atoms with van der Waals surface area (Å²) in [6.45, 7) is 2.60. The molecule has 2 aromatic heterocycles. The molecule has 18 heavy (non-hydrogen) atoms. The zero-order valence-electron chi connectivity index (χ0n) is 10.4. The van der Waals surface area contributed by atoms with Crippen molar-refractivity contribution in [3.05, 3.63) is 45.9 Å². The first-order valence-electron chi connectivity index (χ1n) is 5.65. The number of nitrogens with one attached hydrogen (secondary N) is 2. The number of hydrogen-bond donors (Lipinski definition) is 2. The first kappa shape index (κ1) is 12.6. The van der Waals surface area contributed by atoms with Gasteiger partial charge in [-0.05, 0) is 30.0 Å². The van der Waals surface area contributed by atoms with Crippen molar-refractivity contribution in [1.29, 1.82) is 0 Å². The Morgan fingerprint density at radius 2 is 2.28 bits per heavy atom. The molecule has 1 amide bonds. The highest BCUT2D eigenvalue weighted by Crippen LogP contribution is 2.16. The molecule has 0 bridgehead atoms. The number of aromatic nitrogens is 1. The second-order valence-electron chi connectivity index (χ2n) is 3.88. The molecule has 0 aromatic carbocycles. The Morgan fingerprint density at radius 1 is 1.44 bits per heavy atom. The molecule has 5 heteroatoms. The molecule has 0 atom stereocenters. The van der Waals surface area contributed by atoms with E-state index in [-0.39, 0.29) is 5.91 Å². The lowest BCUT2D eigenvalue weighted by Gasteiger charge is -2.08. The Bertz CT molecular complexity index is 551. The van der Waals surface area contributed by atoms with Crippen LogP contribution in [0.4, 0.5) is 5.69 Å². The van der Waals surface area contributed by atoms with Gasteiger partial charge in [0.15, 0.2) is 0 Å². The summed E-state index contributed by atoms with van der Waals surface area (Å²) >= 11 is 1.65. The number of carbonyl (C=O) groups is 1. The molecule has 2 N–H and O–H groups in total. The van der Waals surface area contributed by atoms with Crippen molar-refractivity contribution in [3.63, 3.8) is 0 Å². The van der Waals surface area contributed by atoms with Crippen molar-refractivity contribution in [2.75, 3.05) is 12.4 Å². The third kappa shape index (κ3) is 2.68. The SMILES string of the molecule is CNc1ccncc1C(=O)NCc1sccc1C. The number of anilines is 1. The molecule has 0 saturated carbocycles. The van der Waals surface area contributed by atoms with E-state index in [4.69, 9.17) is 0 Å². The summed E-state index contributed by atoms with van der Waals surface area (Å²) in [5.74, 6) is -0.111. The molecule has 2 rings (SSSR count). The molecule has 94 valence electrons. The van der Waals surface area contributed by atoms with Crippen molar-refractivity contribution < 1.29 is 4.79 Å². The van der Waals surface area contributed by atoms with E-state index < -0.39 is 0 Å². The van der Waals surface area contributed by atoms with Gasteiger partial charge in [-0.15, -0.1) is 11.3 Å². The van der Waals surface area contributed by atoms with Crippen LogP contribution in [0, 0.1) is 6.92 Å². The smallest absolute Gasteiger partial charge is 0.255 e. The van der Waals surface area contributed by atoms with Crippen LogP contribution in [-0.4, -0.2) is 17.9 Å².